The predicted molar refractivity (Wildman–Crippen MR) is 116 cm³/mol. The Bertz CT molecular complexity index is 1290. The molecule has 32 heavy (non-hydrogen) atoms. The molecule has 7 nitrogen and oxygen atoms in total. The number of ether oxygens (including phenoxy) is 1. The molecule has 2 aromatic heterocycles. The van der Waals surface area contributed by atoms with E-state index in [0.29, 0.717) is 28.6 Å². The summed E-state index contributed by atoms with van der Waals surface area (Å²) in [7, 11) is 0. The standard InChI is InChI=1S/C21H16F3N5O2S/c1-2-11-29-16-6-4-3-5-15(16)18-19(29)26-20(28-27-18)32-12-17(30)25-13-7-9-14(10-8-13)31-21(22,23)24/h2-10H,1,11-12H2,(H,25,30). The topological polar surface area (TPSA) is 81.9 Å². The number of carbonyl (C=O) groups is 1. The second-order valence-electron chi connectivity index (χ2n) is 6.59. The summed E-state index contributed by atoms with van der Waals surface area (Å²) in [4.78, 5) is 16.8. The van der Waals surface area contributed by atoms with Crippen LogP contribution in [0.1, 0.15) is 0 Å². The van der Waals surface area contributed by atoms with Gasteiger partial charge >= 0.3 is 6.36 Å². The fourth-order valence-corrected chi connectivity index (χ4v) is 3.71. The number of nitrogens with zero attached hydrogens (tertiary/aromatic N) is 4. The van der Waals surface area contributed by atoms with Crippen LogP contribution in [0.25, 0.3) is 22.1 Å². The van der Waals surface area contributed by atoms with Crippen LogP contribution < -0.4 is 10.1 Å². The van der Waals surface area contributed by atoms with Crippen molar-refractivity contribution < 1.29 is 22.7 Å². The zero-order chi connectivity index (χ0) is 22.7. The Morgan fingerprint density at radius 3 is 2.62 bits per heavy atom. The highest BCUT2D eigenvalue weighted by Crippen LogP contribution is 2.27. The molecule has 0 atom stereocenters. The Morgan fingerprint density at radius 2 is 1.91 bits per heavy atom. The Hall–Kier alpha value is -3.60. The summed E-state index contributed by atoms with van der Waals surface area (Å²) < 4.78 is 42.4. The SMILES string of the molecule is C=CCn1c2ccccc2c2nnc(SCC(=O)Nc3ccc(OC(F)(F)F)cc3)nc21. The largest absolute Gasteiger partial charge is 0.573 e. The molecule has 2 aromatic carbocycles. The highest BCUT2D eigenvalue weighted by Gasteiger charge is 2.31. The lowest BCUT2D eigenvalue weighted by Crippen LogP contribution is -2.17. The van der Waals surface area contributed by atoms with E-state index in [-0.39, 0.29) is 17.4 Å². The summed E-state index contributed by atoms with van der Waals surface area (Å²) >= 11 is 1.10. The molecule has 1 amide bonds. The second-order valence-corrected chi connectivity index (χ2v) is 7.53. The number of alkyl halides is 3. The van der Waals surface area contributed by atoms with Crippen molar-refractivity contribution in [2.24, 2.45) is 0 Å². The molecule has 11 heteroatoms. The van der Waals surface area contributed by atoms with Gasteiger partial charge in [0.25, 0.3) is 0 Å². The molecule has 0 radical (unpaired) electrons. The van der Waals surface area contributed by atoms with Gasteiger partial charge in [0.05, 0.1) is 11.3 Å². The van der Waals surface area contributed by atoms with Gasteiger partial charge in [-0.1, -0.05) is 36.0 Å². The molecule has 0 spiro atoms. The third kappa shape index (κ3) is 4.83. The average molecular weight is 459 g/mol. The summed E-state index contributed by atoms with van der Waals surface area (Å²) in [5, 5.41) is 12.3. The lowest BCUT2D eigenvalue weighted by atomic mass is 10.2. The zero-order valence-electron chi connectivity index (χ0n) is 16.5. The quantitative estimate of drug-likeness (QED) is 0.316. The molecule has 0 saturated carbocycles. The van der Waals surface area contributed by atoms with Gasteiger partial charge in [0.15, 0.2) is 5.65 Å². The minimum Gasteiger partial charge on any atom is -0.406 e. The van der Waals surface area contributed by atoms with Crippen LogP contribution in [0.4, 0.5) is 18.9 Å². The van der Waals surface area contributed by atoms with E-state index < -0.39 is 6.36 Å². The lowest BCUT2D eigenvalue weighted by Gasteiger charge is -2.09. The Labute approximate surface area is 184 Å². The number of hydrogen-bond acceptors (Lipinski definition) is 6. The smallest absolute Gasteiger partial charge is 0.406 e. The molecule has 0 aliphatic carbocycles. The summed E-state index contributed by atoms with van der Waals surface area (Å²) in [5.74, 6) is -0.738. The summed E-state index contributed by atoms with van der Waals surface area (Å²) in [6, 6.07) is 12.6. The maximum absolute atomic E-state index is 12.2. The van der Waals surface area contributed by atoms with Crippen LogP contribution in [0.15, 0.2) is 66.3 Å². The first-order valence-electron chi connectivity index (χ1n) is 9.35. The van der Waals surface area contributed by atoms with Gasteiger partial charge in [0, 0.05) is 17.6 Å². The van der Waals surface area contributed by atoms with Gasteiger partial charge in [-0.3, -0.25) is 4.79 Å². The van der Waals surface area contributed by atoms with E-state index in [1.807, 2.05) is 28.8 Å². The minimum atomic E-state index is -4.77. The first-order chi connectivity index (χ1) is 15.3. The maximum atomic E-state index is 12.2. The second kappa shape index (κ2) is 8.87. The first kappa shape index (κ1) is 21.6. The molecule has 0 saturated heterocycles. The molecule has 2 heterocycles. The summed E-state index contributed by atoms with van der Waals surface area (Å²) in [5.41, 5.74) is 2.61. The predicted octanol–water partition coefficient (Wildman–Crippen LogP) is 4.79. The van der Waals surface area contributed by atoms with E-state index in [1.165, 1.54) is 12.1 Å². The molecule has 0 aliphatic heterocycles. The fourth-order valence-electron chi connectivity index (χ4n) is 3.13. The van der Waals surface area contributed by atoms with Crippen molar-refractivity contribution in [3.05, 3.63) is 61.2 Å². The highest BCUT2D eigenvalue weighted by atomic mass is 32.2. The number of para-hydroxylation sites is 1. The molecule has 4 aromatic rings. The number of amides is 1. The number of thioether (sulfide) groups is 1. The van der Waals surface area contributed by atoms with Gasteiger partial charge in [-0.05, 0) is 30.3 Å². The number of carbonyl (C=O) groups excluding carboxylic acids is 1. The van der Waals surface area contributed by atoms with Crippen molar-refractivity contribution in [2.75, 3.05) is 11.1 Å². The average Bonchev–Trinajstić information content (AvgIpc) is 3.06. The van der Waals surface area contributed by atoms with Crippen LogP contribution in [-0.2, 0) is 11.3 Å². The van der Waals surface area contributed by atoms with Crippen LogP contribution in [-0.4, -0.2) is 37.8 Å². The molecule has 0 aliphatic rings. The number of hydrogen-bond donors (Lipinski definition) is 1. The zero-order valence-corrected chi connectivity index (χ0v) is 17.3. The van der Waals surface area contributed by atoms with Gasteiger partial charge in [-0.25, -0.2) is 4.98 Å². The van der Waals surface area contributed by atoms with Crippen molar-refractivity contribution in [1.29, 1.82) is 0 Å². The minimum absolute atomic E-state index is 0.00429. The number of allylic oxidation sites excluding steroid dienone is 1. The van der Waals surface area contributed by atoms with Crippen LogP contribution >= 0.6 is 11.8 Å². The summed E-state index contributed by atoms with van der Waals surface area (Å²) in [6.45, 7) is 4.33. The van der Waals surface area contributed by atoms with Crippen molar-refractivity contribution in [3.63, 3.8) is 0 Å². The molecule has 0 fully saturated rings. The van der Waals surface area contributed by atoms with Crippen molar-refractivity contribution >= 4 is 45.4 Å². The number of aromatic nitrogens is 4. The molecular formula is C21H16F3N5O2S. The van der Waals surface area contributed by atoms with Crippen LogP contribution in [0.2, 0.25) is 0 Å². The molecule has 0 bridgehead atoms. The number of rotatable bonds is 7. The van der Waals surface area contributed by atoms with E-state index in [4.69, 9.17) is 0 Å². The maximum Gasteiger partial charge on any atom is 0.573 e. The van der Waals surface area contributed by atoms with Crippen LogP contribution in [0.5, 0.6) is 5.75 Å². The third-order valence-electron chi connectivity index (χ3n) is 4.37. The Morgan fingerprint density at radius 1 is 1.16 bits per heavy atom. The molecule has 0 unspecified atom stereocenters. The van der Waals surface area contributed by atoms with E-state index >= 15 is 0 Å². The molecular weight excluding hydrogens is 443 g/mol. The number of benzene rings is 2. The van der Waals surface area contributed by atoms with Crippen molar-refractivity contribution in [2.45, 2.75) is 18.1 Å². The molecule has 164 valence electrons. The number of halogens is 3. The van der Waals surface area contributed by atoms with Gasteiger partial charge in [-0.2, -0.15) is 0 Å². The van der Waals surface area contributed by atoms with E-state index in [0.717, 1.165) is 34.8 Å². The molecule has 4 rings (SSSR count). The fraction of sp³-hybridized carbons (Fsp3) is 0.143. The summed E-state index contributed by atoms with van der Waals surface area (Å²) in [6.07, 6.45) is -3.01. The van der Waals surface area contributed by atoms with Crippen LogP contribution in [0.3, 0.4) is 0 Å². The van der Waals surface area contributed by atoms with Crippen molar-refractivity contribution in [1.82, 2.24) is 19.7 Å². The van der Waals surface area contributed by atoms with Gasteiger partial charge in [0.1, 0.15) is 11.3 Å². The van der Waals surface area contributed by atoms with Crippen molar-refractivity contribution in [3.8, 4) is 5.75 Å². The number of nitrogens with one attached hydrogen (secondary N) is 1. The van der Waals surface area contributed by atoms with E-state index in [1.54, 1.807) is 6.08 Å². The van der Waals surface area contributed by atoms with Gasteiger partial charge < -0.3 is 14.6 Å². The van der Waals surface area contributed by atoms with Gasteiger partial charge in [0.2, 0.25) is 11.1 Å². The Balaban J connectivity index is 1.45. The van der Waals surface area contributed by atoms with E-state index in [9.17, 15) is 18.0 Å². The normalized spacial score (nSPS) is 11.6. The Kier molecular flexibility index (Phi) is 5.99. The third-order valence-corrected chi connectivity index (χ3v) is 5.21. The lowest BCUT2D eigenvalue weighted by molar-refractivity contribution is -0.274. The van der Waals surface area contributed by atoms with Crippen LogP contribution in [0, 0.1) is 0 Å². The van der Waals surface area contributed by atoms with Gasteiger partial charge in [-0.15, -0.1) is 29.9 Å². The number of anilines is 1. The first-order valence-corrected chi connectivity index (χ1v) is 10.3. The molecule has 1 N–H and O–H groups in total. The monoisotopic (exact) mass is 459 g/mol. The van der Waals surface area contributed by atoms with E-state index in [2.05, 4.69) is 31.8 Å². The highest BCUT2D eigenvalue weighted by molar-refractivity contribution is 7.99. The number of fused-ring (bicyclic) bond motifs is 3.